The van der Waals surface area contributed by atoms with Crippen LogP contribution in [-0.2, 0) is 5.41 Å². The number of hydrogen-bond acceptors (Lipinski definition) is 2. The van der Waals surface area contributed by atoms with Crippen molar-refractivity contribution >= 4 is 10.9 Å². The van der Waals surface area contributed by atoms with Crippen LogP contribution in [0.3, 0.4) is 0 Å². The lowest BCUT2D eigenvalue weighted by atomic mass is 9.66. The smallest absolute Gasteiger partial charge is 0.0753 e. The molecular formula is C48H67N3. The fraction of sp³-hybridized carbons (Fsp3) is 0.500. The Morgan fingerprint density at radius 2 is 1.08 bits per heavy atom. The highest BCUT2D eigenvalue weighted by atomic mass is 15.1. The average molecular weight is 686 g/mol. The highest BCUT2D eigenvalue weighted by Gasteiger charge is 2.44. The first-order valence-electron chi connectivity index (χ1n) is 19.7. The quantitative estimate of drug-likeness (QED) is 0.119. The monoisotopic (exact) mass is 686 g/mol. The van der Waals surface area contributed by atoms with Gasteiger partial charge in [0.05, 0.1) is 12.1 Å². The summed E-state index contributed by atoms with van der Waals surface area (Å²) in [4.78, 5) is 8.88. The van der Waals surface area contributed by atoms with Crippen LogP contribution in [0.4, 0.5) is 0 Å². The molecule has 3 nitrogen and oxygen atoms in total. The number of nitrogens with one attached hydrogen (secondary N) is 1. The Balaban J connectivity index is 1.64. The van der Waals surface area contributed by atoms with Gasteiger partial charge < -0.3 is 4.98 Å². The minimum Gasteiger partial charge on any atom is -0.356 e. The fourth-order valence-corrected chi connectivity index (χ4v) is 9.19. The first-order valence-corrected chi connectivity index (χ1v) is 19.7. The number of fused-ring (bicyclic) bond motifs is 1. The third-order valence-electron chi connectivity index (χ3n) is 12.1. The molecule has 3 aromatic carbocycles. The van der Waals surface area contributed by atoms with Crippen LogP contribution >= 0.6 is 0 Å². The summed E-state index contributed by atoms with van der Waals surface area (Å²) in [5.74, 6) is 0. The molecule has 0 saturated heterocycles. The topological polar surface area (TPSA) is 22.3 Å². The summed E-state index contributed by atoms with van der Waals surface area (Å²) in [6.45, 7) is 16.7. The second-order valence-corrected chi connectivity index (χ2v) is 17.2. The number of nitrogens with zero attached hydrogens (tertiary/aromatic N) is 2. The van der Waals surface area contributed by atoms with Gasteiger partial charge in [-0.05, 0) is 108 Å². The van der Waals surface area contributed by atoms with Crippen LogP contribution < -0.4 is 0 Å². The zero-order chi connectivity index (χ0) is 36.9. The van der Waals surface area contributed by atoms with Crippen LogP contribution in [0.5, 0.6) is 0 Å². The van der Waals surface area contributed by atoms with Gasteiger partial charge in [-0.15, -0.1) is 0 Å². The van der Waals surface area contributed by atoms with Crippen molar-refractivity contribution in [3.8, 4) is 0 Å². The van der Waals surface area contributed by atoms with Crippen molar-refractivity contribution in [1.29, 1.82) is 0 Å². The van der Waals surface area contributed by atoms with Crippen LogP contribution in [0, 0.1) is 5.41 Å². The Morgan fingerprint density at radius 1 is 0.588 bits per heavy atom. The van der Waals surface area contributed by atoms with Crippen LogP contribution in [0.2, 0.25) is 0 Å². The number of allylic oxidation sites excluding steroid dienone is 4. The number of aromatic amines is 1. The molecule has 0 bridgehead atoms. The van der Waals surface area contributed by atoms with Gasteiger partial charge in [-0.25, -0.2) is 0 Å². The standard InChI is InChI=1S/C48H67N3/c1-34-35(2)37(4)48(36(34)3,33-24-16-14-12-13-15-23-32-47(5,6)7)40-30-25-31-41-42(40)43(45(50(8)9)38-26-19-17-20-27-38)44(49-41)46(51(10)11)39-28-21-18-22-29-39/h17-22,25-31,45-46,49H,12-16,23-24,32-33H2,1-11H3. The van der Waals surface area contributed by atoms with E-state index in [2.05, 4.69) is 170 Å². The largest absolute Gasteiger partial charge is 0.356 e. The van der Waals surface area contributed by atoms with Gasteiger partial charge in [0.25, 0.3) is 0 Å². The van der Waals surface area contributed by atoms with Crippen molar-refractivity contribution in [3.05, 3.63) is 129 Å². The van der Waals surface area contributed by atoms with Crippen LogP contribution in [0.1, 0.15) is 146 Å². The Kier molecular flexibility index (Phi) is 12.6. The molecular weight excluding hydrogens is 619 g/mol. The first kappa shape index (κ1) is 38.8. The van der Waals surface area contributed by atoms with Gasteiger partial charge in [0.2, 0.25) is 0 Å². The summed E-state index contributed by atoms with van der Waals surface area (Å²) in [5.41, 5.74) is 14.4. The number of aromatic nitrogens is 1. The minimum absolute atomic E-state index is 0.0762. The van der Waals surface area contributed by atoms with E-state index in [0.717, 1.165) is 6.42 Å². The summed E-state index contributed by atoms with van der Waals surface area (Å²) in [5, 5.41) is 1.40. The normalized spacial score (nSPS) is 16.3. The zero-order valence-corrected chi connectivity index (χ0v) is 33.9. The van der Waals surface area contributed by atoms with E-state index in [4.69, 9.17) is 0 Å². The lowest BCUT2D eigenvalue weighted by Crippen LogP contribution is -2.30. The van der Waals surface area contributed by atoms with Gasteiger partial charge in [-0.1, -0.05) is 150 Å². The number of hydrogen-bond donors (Lipinski definition) is 1. The molecule has 1 heterocycles. The Morgan fingerprint density at radius 3 is 1.59 bits per heavy atom. The number of rotatable bonds is 16. The molecule has 1 aliphatic rings. The SMILES string of the molecule is CC1=C(C)C(CCCCCCCCCC(C)(C)C)(c2cccc3[nH]c(C(c4ccccc4)N(C)C)c(C(c4ccccc4)N(C)C)c23)C(C)=C1C. The van der Waals surface area contributed by atoms with E-state index < -0.39 is 0 Å². The molecule has 1 N–H and O–H groups in total. The van der Waals surface area contributed by atoms with E-state index >= 15 is 0 Å². The van der Waals surface area contributed by atoms with Crippen LogP contribution in [0.25, 0.3) is 10.9 Å². The molecule has 0 radical (unpaired) electrons. The van der Waals surface area contributed by atoms with Gasteiger partial charge in [-0.3, -0.25) is 9.80 Å². The average Bonchev–Trinajstić information content (AvgIpc) is 3.53. The van der Waals surface area contributed by atoms with Gasteiger partial charge >= 0.3 is 0 Å². The molecule has 3 heteroatoms. The predicted molar refractivity (Wildman–Crippen MR) is 222 cm³/mol. The Bertz CT molecular complexity index is 1770. The van der Waals surface area contributed by atoms with Gasteiger partial charge in [0.15, 0.2) is 0 Å². The van der Waals surface area contributed by atoms with Crippen LogP contribution in [-0.4, -0.2) is 43.0 Å². The molecule has 0 aliphatic heterocycles. The van der Waals surface area contributed by atoms with Crippen molar-refractivity contribution in [1.82, 2.24) is 14.8 Å². The first-order chi connectivity index (χ1) is 24.3. The Labute approximate surface area is 311 Å². The number of H-pyrrole nitrogens is 1. The van der Waals surface area contributed by atoms with Gasteiger partial charge in [0, 0.05) is 27.6 Å². The van der Waals surface area contributed by atoms with Crippen molar-refractivity contribution in [2.45, 2.75) is 124 Å². The summed E-state index contributed by atoms with van der Waals surface area (Å²) in [6.07, 6.45) is 11.8. The van der Waals surface area contributed by atoms with Crippen molar-refractivity contribution in [3.63, 3.8) is 0 Å². The molecule has 0 amide bonds. The maximum Gasteiger partial charge on any atom is 0.0753 e. The third kappa shape index (κ3) is 8.16. The molecule has 1 aromatic heterocycles. The molecule has 0 saturated carbocycles. The van der Waals surface area contributed by atoms with Gasteiger partial charge in [-0.2, -0.15) is 0 Å². The molecule has 51 heavy (non-hydrogen) atoms. The molecule has 2 unspecified atom stereocenters. The Hall–Kier alpha value is -3.40. The number of unbranched alkanes of at least 4 members (excludes halogenated alkanes) is 6. The predicted octanol–water partition coefficient (Wildman–Crippen LogP) is 13.0. The van der Waals surface area contributed by atoms with E-state index in [9.17, 15) is 0 Å². The molecule has 0 fully saturated rings. The van der Waals surface area contributed by atoms with E-state index in [1.165, 1.54) is 113 Å². The maximum atomic E-state index is 4.09. The third-order valence-corrected chi connectivity index (χ3v) is 12.1. The van der Waals surface area contributed by atoms with E-state index in [-0.39, 0.29) is 17.5 Å². The lowest BCUT2D eigenvalue weighted by molar-refractivity contribution is 0.316. The highest BCUT2D eigenvalue weighted by molar-refractivity contribution is 5.92. The lowest BCUT2D eigenvalue weighted by Gasteiger charge is -2.37. The van der Waals surface area contributed by atoms with Crippen LogP contribution in [0.15, 0.2) is 101 Å². The van der Waals surface area contributed by atoms with Crippen molar-refractivity contribution in [2.24, 2.45) is 5.41 Å². The zero-order valence-electron chi connectivity index (χ0n) is 33.9. The minimum atomic E-state index is -0.123. The van der Waals surface area contributed by atoms with E-state index in [1.807, 2.05) is 0 Å². The molecule has 274 valence electrons. The summed E-state index contributed by atoms with van der Waals surface area (Å²) < 4.78 is 0. The van der Waals surface area contributed by atoms with Gasteiger partial charge in [0.1, 0.15) is 0 Å². The summed E-state index contributed by atoms with van der Waals surface area (Å²) in [7, 11) is 8.93. The maximum absolute atomic E-state index is 4.09. The second-order valence-electron chi connectivity index (χ2n) is 17.2. The summed E-state index contributed by atoms with van der Waals surface area (Å²) in [6, 6.07) is 29.4. The summed E-state index contributed by atoms with van der Waals surface area (Å²) >= 11 is 0. The van der Waals surface area contributed by atoms with E-state index in [0.29, 0.717) is 5.41 Å². The van der Waals surface area contributed by atoms with Crippen molar-refractivity contribution in [2.75, 3.05) is 28.2 Å². The number of benzene rings is 3. The highest BCUT2D eigenvalue weighted by Crippen LogP contribution is 2.55. The molecule has 0 spiro atoms. The molecule has 2 atom stereocenters. The fourth-order valence-electron chi connectivity index (χ4n) is 9.19. The molecule has 4 aromatic rings. The van der Waals surface area contributed by atoms with E-state index in [1.54, 1.807) is 0 Å². The molecule has 5 rings (SSSR count). The van der Waals surface area contributed by atoms with Crippen molar-refractivity contribution < 1.29 is 0 Å². The second kappa shape index (κ2) is 16.5. The molecule has 1 aliphatic carbocycles.